The first-order valence-corrected chi connectivity index (χ1v) is 6.20. The van der Waals surface area contributed by atoms with E-state index in [1.807, 2.05) is 18.2 Å². The quantitative estimate of drug-likeness (QED) is 0.847. The summed E-state index contributed by atoms with van der Waals surface area (Å²) in [5.74, 6) is -0.801. The van der Waals surface area contributed by atoms with E-state index in [-0.39, 0.29) is 6.42 Å². The van der Waals surface area contributed by atoms with E-state index in [2.05, 4.69) is 22.3 Å². The number of benzene rings is 1. The van der Waals surface area contributed by atoms with Crippen LogP contribution in [0, 0.1) is 0 Å². The number of hydrogen-bond acceptors (Lipinski definition) is 3. The molecule has 18 heavy (non-hydrogen) atoms. The third-order valence-corrected chi connectivity index (χ3v) is 2.96. The van der Waals surface area contributed by atoms with Crippen molar-refractivity contribution in [3.63, 3.8) is 0 Å². The van der Waals surface area contributed by atoms with Crippen molar-refractivity contribution in [2.75, 3.05) is 31.1 Å². The Balaban J connectivity index is 2.04. The highest BCUT2D eigenvalue weighted by atomic mass is 16.4. The van der Waals surface area contributed by atoms with Gasteiger partial charge in [-0.15, -0.1) is 0 Å². The molecule has 0 amide bonds. The van der Waals surface area contributed by atoms with Crippen molar-refractivity contribution in [1.29, 1.82) is 0 Å². The number of rotatable bonds is 4. The number of carbonyl (C=O) groups is 1. The lowest BCUT2D eigenvalue weighted by molar-refractivity contribution is -0.135. The van der Waals surface area contributed by atoms with E-state index in [1.54, 1.807) is 6.08 Å². The van der Waals surface area contributed by atoms with Crippen molar-refractivity contribution in [2.45, 2.75) is 6.42 Å². The van der Waals surface area contributed by atoms with E-state index >= 15 is 0 Å². The van der Waals surface area contributed by atoms with Crippen LogP contribution >= 0.6 is 0 Å². The van der Waals surface area contributed by atoms with Gasteiger partial charge in [-0.25, -0.2) is 0 Å². The summed E-state index contributed by atoms with van der Waals surface area (Å²) in [6.45, 7) is 4.06. The number of anilines is 1. The lowest BCUT2D eigenvalue weighted by Gasteiger charge is -2.29. The highest BCUT2D eigenvalue weighted by Gasteiger charge is 2.09. The van der Waals surface area contributed by atoms with E-state index in [0.717, 1.165) is 31.7 Å². The monoisotopic (exact) mass is 246 g/mol. The molecule has 2 N–H and O–H groups in total. The van der Waals surface area contributed by atoms with Crippen LogP contribution in [0.4, 0.5) is 5.69 Å². The van der Waals surface area contributed by atoms with Crippen molar-refractivity contribution in [1.82, 2.24) is 5.32 Å². The molecule has 0 bridgehead atoms. The van der Waals surface area contributed by atoms with Crippen LogP contribution in [0.15, 0.2) is 30.3 Å². The molecule has 0 unspecified atom stereocenters. The molecule has 0 spiro atoms. The molecule has 1 aliphatic rings. The molecular weight excluding hydrogens is 228 g/mol. The highest BCUT2D eigenvalue weighted by molar-refractivity contribution is 5.70. The summed E-state index contributed by atoms with van der Waals surface area (Å²) in [6.07, 6.45) is 3.61. The number of hydrogen-bond donors (Lipinski definition) is 2. The van der Waals surface area contributed by atoms with Gasteiger partial charge in [0, 0.05) is 31.9 Å². The maximum Gasteiger partial charge on any atom is 0.307 e. The van der Waals surface area contributed by atoms with Gasteiger partial charge >= 0.3 is 5.97 Å². The summed E-state index contributed by atoms with van der Waals surface area (Å²) in [5.41, 5.74) is 2.25. The van der Waals surface area contributed by atoms with Crippen LogP contribution in [-0.4, -0.2) is 37.3 Å². The largest absolute Gasteiger partial charge is 0.481 e. The zero-order valence-electron chi connectivity index (χ0n) is 10.3. The normalized spacial score (nSPS) is 16.1. The zero-order chi connectivity index (χ0) is 12.8. The minimum absolute atomic E-state index is 0.0673. The van der Waals surface area contributed by atoms with E-state index in [0.29, 0.717) is 0 Å². The van der Waals surface area contributed by atoms with Gasteiger partial charge in [0.1, 0.15) is 0 Å². The summed E-state index contributed by atoms with van der Waals surface area (Å²) >= 11 is 0. The Bertz CT molecular complexity index is 437. The number of aliphatic carboxylic acids is 1. The second kappa shape index (κ2) is 6.21. The van der Waals surface area contributed by atoms with Crippen molar-refractivity contribution >= 4 is 17.7 Å². The second-order valence-corrected chi connectivity index (χ2v) is 4.33. The van der Waals surface area contributed by atoms with Gasteiger partial charge in [0.2, 0.25) is 0 Å². The van der Waals surface area contributed by atoms with E-state index < -0.39 is 5.97 Å². The summed E-state index contributed by atoms with van der Waals surface area (Å²) in [7, 11) is 0. The first kappa shape index (κ1) is 12.6. The van der Waals surface area contributed by atoms with E-state index in [1.165, 1.54) is 5.69 Å². The Morgan fingerprint density at radius 3 is 2.89 bits per heavy atom. The molecule has 4 nitrogen and oxygen atoms in total. The standard InChI is InChI=1S/C14H18N2O2/c17-14(18)6-2-4-12-3-1-5-13(11-12)16-9-7-15-8-10-16/h1-5,11,15H,6-10H2,(H,17,18). The van der Waals surface area contributed by atoms with Crippen molar-refractivity contribution < 1.29 is 9.90 Å². The predicted molar refractivity (Wildman–Crippen MR) is 72.8 cm³/mol. The predicted octanol–water partition coefficient (Wildman–Crippen LogP) is 1.58. The molecular formula is C14H18N2O2. The van der Waals surface area contributed by atoms with Crippen LogP contribution in [0.1, 0.15) is 12.0 Å². The lowest BCUT2D eigenvalue weighted by atomic mass is 10.1. The van der Waals surface area contributed by atoms with Gasteiger partial charge in [0.05, 0.1) is 6.42 Å². The highest BCUT2D eigenvalue weighted by Crippen LogP contribution is 2.17. The first-order chi connectivity index (χ1) is 8.75. The number of carboxylic acids is 1. The molecule has 0 aromatic heterocycles. The third-order valence-electron chi connectivity index (χ3n) is 2.96. The topological polar surface area (TPSA) is 52.6 Å². The molecule has 0 atom stereocenters. The Morgan fingerprint density at radius 1 is 1.39 bits per heavy atom. The summed E-state index contributed by atoms with van der Waals surface area (Å²) in [6, 6.07) is 8.20. The van der Waals surface area contributed by atoms with Crippen LogP contribution in [0.2, 0.25) is 0 Å². The number of carboxylic acid groups (broad SMARTS) is 1. The zero-order valence-corrected chi connectivity index (χ0v) is 10.3. The molecule has 4 heteroatoms. The molecule has 0 saturated carbocycles. The molecule has 1 saturated heterocycles. The fourth-order valence-electron chi connectivity index (χ4n) is 2.04. The Labute approximate surface area is 107 Å². The Kier molecular flexibility index (Phi) is 4.36. The van der Waals surface area contributed by atoms with E-state index in [4.69, 9.17) is 5.11 Å². The molecule has 1 aromatic carbocycles. The summed E-state index contributed by atoms with van der Waals surface area (Å²) in [5, 5.41) is 11.9. The molecule has 0 aliphatic carbocycles. The first-order valence-electron chi connectivity index (χ1n) is 6.20. The third kappa shape index (κ3) is 3.60. The van der Waals surface area contributed by atoms with Crippen LogP contribution in [-0.2, 0) is 4.79 Å². The average Bonchev–Trinajstić information content (AvgIpc) is 2.40. The van der Waals surface area contributed by atoms with Crippen molar-refractivity contribution in [2.24, 2.45) is 0 Å². The molecule has 1 fully saturated rings. The van der Waals surface area contributed by atoms with Gasteiger partial charge in [0.25, 0.3) is 0 Å². The van der Waals surface area contributed by atoms with Crippen LogP contribution in [0.25, 0.3) is 6.08 Å². The fraction of sp³-hybridized carbons (Fsp3) is 0.357. The van der Waals surface area contributed by atoms with Crippen LogP contribution in [0.5, 0.6) is 0 Å². The molecule has 96 valence electrons. The molecule has 1 aliphatic heterocycles. The van der Waals surface area contributed by atoms with Gasteiger partial charge in [-0.05, 0) is 17.7 Å². The van der Waals surface area contributed by atoms with Gasteiger partial charge in [-0.2, -0.15) is 0 Å². The molecule has 1 heterocycles. The summed E-state index contributed by atoms with van der Waals surface area (Å²) in [4.78, 5) is 12.8. The number of nitrogens with zero attached hydrogens (tertiary/aromatic N) is 1. The van der Waals surface area contributed by atoms with Crippen molar-refractivity contribution in [3.05, 3.63) is 35.9 Å². The Morgan fingerprint density at radius 2 is 2.17 bits per heavy atom. The SMILES string of the molecule is O=C(O)CC=Cc1cccc(N2CCNCC2)c1. The number of nitrogens with one attached hydrogen (secondary N) is 1. The molecule has 1 aromatic rings. The summed E-state index contributed by atoms with van der Waals surface area (Å²) < 4.78 is 0. The van der Waals surface area contributed by atoms with Gasteiger partial charge in [-0.3, -0.25) is 4.79 Å². The van der Waals surface area contributed by atoms with Gasteiger partial charge in [0.15, 0.2) is 0 Å². The maximum atomic E-state index is 10.4. The van der Waals surface area contributed by atoms with Crippen LogP contribution < -0.4 is 10.2 Å². The lowest BCUT2D eigenvalue weighted by Crippen LogP contribution is -2.43. The van der Waals surface area contributed by atoms with E-state index in [9.17, 15) is 4.79 Å². The van der Waals surface area contributed by atoms with Crippen molar-refractivity contribution in [3.8, 4) is 0 Å². The second-order valence-electron chi connectivity index (χ2n) is 4.33. The minimum atomic E-state index is -0.801. The average molecular weight is 246 g/mol. The maximum absolute atomic E-state index is 10.4. The molecule has 0 radical (unpaired) electrons. The number of piperazine rings is 1. The Hall–Kier alpha value is -1.81. The van der Waals surface area contributed by atoms with Gasteiger partial charge < -0.3 is 15.3 Å². The molecule has 2 rings (SSSR count). The van der Waals surface area contributed by atoms with Gasteiger partial charge in [-0.1, -0.05) is 24.3 Å². The minimum Gasteiger partial charge on any atom is -0.481 e. The fourth-order valence-corrected chi connectivity index (χ4v) is 2.04. The smallest absolute Gasteiger partial charge is 0.307 e. The van der Waals surface area contributed by atoms with Crippen LogP contribution in [0.3, 0.4) is 0 Å².